The largest absolute Gasteiger partial charge is 0.484 e. The monoisotopic (exact) mass is 388 g/mol. The highest BCUT2D eigenvalue weighted by Crippen LogP contribution is 2.29. The molecule has 0 spiro atoms. The zero-order valence-electron chi connectivity index (χ0n) is 13.5. The van der Waals surface area contributed by atoms with Crippen LogP contribution >= 0.6 is 23.2 Å². The second kappa shape index (κ2) is 8.56. The summed E-state index contributed by atoms with van der Waals surface area (Å²) in [7, 11) is 0. The lowest BCUT2D eigenvalue weighted by Crippen LogP contribution is -2.24. The van der Waals surface area contributed by atoms with Crippen LogP contribution in [-0.2, 0) is 4.79 Å². The van der Waals surface area contributed by atoms with Crippen LogP contribution < -0.4 is 10.2 Å². The Morgan fingerprint density at radius 3 is 2.65 bits per heavy atom. The van der Waals surface area contributed by atoms with Crippen LogP contribution in [0.3, 0.4) is 0 Å². The third-order valence-corrected chi connectivity index (χ3v) is 4.06. The molecule has 0 saturated carbocycles. The molecule has 0 saturated heterocycles. The molecule has 3 aromatic rings. The van der Waals surface area contributed by atoms with E-state index < -0.39 is 0 Å². The van der Waals surface area contributed by atoms with Crippen molar-refractivity contribution < 1.29 is 13.9 Å². The van der Waals surface area contributed by atoms with Crippen molar-refractivity contribution in [3.63, 3.8) is 0 Å². The molecule has 0 aliphatic carbocycles. The number of hydrogen-bond acceptors (Lipinski definition) is 4. The van der Waals surface area contributed by atoms with Gasteiger partial charge in [0, 0.05) is 5.56 Å². The first-order valence-corrected chi connectivity index (χ1v) is 8.42. The second-order valence-corrected chi connectivity index (χ2v) is 6.04. The van der Waals surface area contributed by atoms with Gasteiger partial charge in [-0.05, 0) is 42.5 Å². The fraction of sp³-hybridized carbons (Fsp3) is 0.0526. The van der Waals surface area contributed by atoms with Gasteiger partial charge < -0.3 is 9.15 Å². The molecular weight excluding hydrogens is 375 g/mol. The van der Waals surface area contributed by atoms with Crippen molar-refractivity contribution in [2.75, 3.05) is 6.61 Å². The summed E-state index contributed by atoms with van der Waals surface area (Å²) in [5.74, 6) is 1.34. The third kappa shape index (κ3) is 4.88. The summed E-state index contributed by atoms with van der Waals surface area (Å²) in [5.41, 5.74) is 3.17. The predicted octanol–water partition coefficient (Wildman–Crippen LogP) is 4.78. The van der Waals surface area contributed by atoms with Gasteiger partial charge in [0.1, 0.15) is 17.3 Å². The van der Waals surface area contributed by atoms with Gasteiger partial charge in [0.2, 0.25) is 0 Å². The SMILES string of the molecule is O=C(COc1ccccc1)N/N=C\c1ccc(-c2ccc(Cl)c(Cl)c2)o1. The van der Waals surface area contributed by atoms with Gasteiger partial charge in [0.15, 0.2) is 6.61 Å². The summed E-state index contributed by atoms with van der Waals surface area (Å²) in [5, 5.41) is 4.77. The molecule has 0 fully saturated rings. The zero-order valence-corrected chi connectivity index (χ0v) is 15.0. The fourth-order valence-corrected chi connectivity index (χ4v) is 2.39. The van der Waals surface area contributed by atoms with Gasteiger partial charge in [-0.3, -0.25) is 4.79 Å². The molecule has 0 bridgehead atoms. The Balaban J connectivity index is 1.53. The molecule has 1 aromatic heterocycles. The molecule has 5 nitrogen and oxygen atoms in total. The number of amides is 1. The molecular formula is C19H14Cl2N2O3. The summed E-state index contributed by atoms with van der Waals surface area (Å²) in [6.45, 7) is -0.131. The van der Waals surface area contributed by atoms with Gasteiger partial charge in [-0.2, -0.15) is 5.10 Å². The highest BCUT2D eigenvalue weighted by Gasteiger charge is 2.06. The Bertz CT molecular complexity index is 924. The normalized spacial score (nSPS) is 10.8. The molecule has 1 heterocycles. The van der Waals surface area contributed by atoms with Crippen LogP contribution in [0.5, 0.6) is 5.75 Å². The van der Waals surface area contributed by atoms with Gasteiger partial charge in [-0.25, -0.2) is 5.43 Å². The number of rotatable bonds is 6. The Hall–Kier alpha value is -2.76. The molecule has 132 valence electrons. The summed E-state index contributed by atoms with van der Waals surface area (Å²) in [4.78, 5) is 11.7. The van der Waals surface area contributed by atoms with Crippen LogP contribution in [0.1, 0.15) is 5.76 Å². The minimum absolute atomic E-state index is 0.131. The number of nitrogens with zero attached hydrogens (tertiary/aromatic N) is 1. The van der Waals surface area contributed by atoms with Crippen LogP contribution in [0.2, 0.25) is 10.0 Å². The minimum atomic E-state index is -0.374. The Morgan fingerprint density at radius 2 is 1.88 bits per heavy atom. The van der Waals surface area contributed by atoms with E-state index in [1.807, 2.05) is 18.2 Å². The molecule has 1 N–H and O–H groups in total. The van der Waals surface area contributed by atoms with E-state index in [4.69, 9.17) is 32.4 Å². The molecule has 3 rings (SSSR count). The zero-order chi connectivity index (χ0) is 18.4. The quantitative estimate of drug-likeness (QED) is 0.487. The van der Waals surface area contributed by atoms with Crippen molar-refractivity contribution in [3.8, 4) is 17.1 Å². The average molecular weight is 389 g/mol. The van der Waals surface area contributed by atoms with Crippen LogP contribution in [-0.4, -0.2) is 18.7 Å². The number of hydrazone groups is 1. The maximum Gasteiger partial charge on any atom is 0.277 e. The summed E-state index contributed by atoms with van der Waals surface area (Å²) < 4.78 is 11.0. The number of nitrogens with one attached hydrogen (secondary N) is 1. The molecule has 26 heavy (non-hydrogen) atoms. The number of carbonyl (C=O) groups is 1. The second-order valence-electron chi connectivity index (χ2n) is 5.23. The van der Waals surface area contributed by atoms with Crippen molar-refractivity contribution in [1.29, 1.82) is 0 Å². The molecule has 0 unspecified atom stereocenters. The lowest BCUT2D eigenvalue weighted by atomic mass is 10.2. The van der Waals surface area contributed by atoms with E-state index in [1.54, 1.807) is 42.5 Å². The smallest absolute Gasteiger partial charge is 0.277 e. The molecule has 1 amide bonds. The predicted molar refractivity (Wildman–Crippen MR) is 102 cm³/mol. The van der Waals surface area contributed by atoms with Crippen molar-refractivity contribution >= 4 is 35.3 Å². The molecule has 0 aliphatic rings. The van der Waals surface area contributed by atoms with Crippen LogP contribution in [0.25, 0.3) is 11.3 Å². The molecule has 7 heteroatoms. The fourth-order valence-electron chi connectivity index (χ4n) is 2.09. The number of para-hydroxylation sites is 1. The molecule has 0 aliphatic heterocycles. The minimum Gasteiger partial charge on any atom is -0.484 e. The van der Waals surface area contributed by atoms with E-state index >= 15 is 0 Å². The van der Waals surface area contributed by atoms with Crippen LogP contribution in [0.15, 0.2) is 70.2 Å². The Morgan fingerprint density at radius 1 is 1.08 bits per heavy atom. The first-order chi connectivity index (χ1) is 12.6. The van der Waals surface area contributed by atoms with Gasteiger partial charge in [0.05, 0.1) is 16.3 Å². The van der Waals surface area contributed by atoms with Gasteiger partial charge >= 0.3 is 0 Å². The van der Waals surface area contributed by atoms with E-state index in [2.05, 4.69) is 10.5 Å². The van der Waals surface area contributed by atoms with E-state index in [0.717, 1.165) is 5.56 Å². The average Bonchev–Trinajstić information content (AvgIpc) is 3.12. The number of carbonyl (C=O) groups excluding carboxylic acids is 1. The standard InChI is InChI=1S/C19H14Cl2N2O3/c20-16-8-6-13(10-17(16)21)18-9-7-15(26-18)11-22-23-19(24)12-25-14-4-2-1-3-5-14/h1-11H,12H2,(H,23,24)/b22-11-. The van der Waals surface area contributed by atoms with Gasteiger partial charge in [-0.15, -0.1) is 0 Å². The van der Waals surface area contributed by atoms with Gasteiger partial charge in [0.25, 0.3) is 5.91 Å². The number of halogens is 2. The number of hydrogen-bond donors (Lipinski definition) is 1. The maximum atomic E-state index is 11.7. The van der Waals surface area contributed by atoms with E-state index in [-0.39, 0.29) is 12.5 Å². The first kappa shape index (κ1) is 18.0. The van der Waals surface area contributed by atoms with Crippen molar-refractivity contribution in [3.05, 3.63) is 76.5 Å². The van der Waals surface area contributed by atoms with Crippen LogP contribution in [0.4, 0.5) is 0 Å². The van der Waals surface area contributed by atoms with E-state index in [1.165, 1.54) is 6.21 Å². The lowest BCUT2D eigenvalue weighted by Gasteiger charge is -2.03. The third-order valence-electron chi connectivity index (χ3n) is 3.33. The molecule has 0 atom stereocenters. The summed E-state index contributed by atoms with van der Waals surface area (Å²) in [6, 6.07) is 17.8. The number of furan rings is 1. The van der Waals surface area contributed by atoms with Crippen LogP contribution in [0, 0.1) is 0 Å². The Labute approximate surface area is 160 Å². The molecule has 2 aromatic carbocycles. The number of benzene rings is 2. The lowest BCUT2D eigenvalue weighted by molar-refractivity contribution is -0.123. The highest BCUT2D eigenvalue weighted by molar-refractivity contribution is 6.42. The van der Waals surface area contributed by atoms with Crippen molar-refractivity contribution in [1.82, 2.24) is 5.43 Å². The van der Waals surface area contributed by atoms with Crippen molar-refractivity contribution in [2.45, 2.75) is 0 Å². The number of ether oxygens (including phenoxy) is 1. The maximum absolute atomic E-state index is 11.7. The topological polar surface area (TPSA) is 63.8 Å². The summed E-state index contributed by atoms with van der Waals surface area (Å²) >= 11 is 11.9. The Kier molecular flexibility index (Phi) is 5.94. The summed E-state index contributed by atoms with van der Waals surface area (Å²) in [6.07, 6.45) is 1.40. The highest BCUT2D eigenvalue weighted by atomic mass is 35.5. The van der Waals surface area contributed by atoms with Gasteiger partial charge in [-0.1, -0.05) is 41.4 Å². The van der Waals surface area contributed by atoms with E-state index in [0.29, 0.717) is 27.3 Å². The first-order valence-electron chi connectivity index (χ1n) is 7.67. The van der Waals surface area contributed by atoms with E-state index in [9.17, 15) is 4.79 Å². The molecule has 0 radical (unpaired) electrons. The van der Waals surface area contributed by atoms with Crippen molar-refractivity contribution in [2.24, 2.45) is 5.10 Å².